The zero-order valence-electron chi connectivity index (χ0n) is 7.39. The lowest BCUT2D eigenvalue weighted by molar-refractivity contribution is 0.367. The van der Waals surface area contributed by atoms with Crippen LogP contribution in [0.15, 0.2) is 21.5 Å². The third kappa shape index (κ3) is 1.07. The molecule has 1 heterocycles. The third-order valence-corrected chi connectivity index (χ3v) is 2.36. The van der Waals surface area contributed by atoms with Gasteiger partial charge in [0.1, 0.15) is 5.76 Å². The first-order valence-corrected chi connectivity index (χ1v) is 4.18. The molecule has 12 heavy (non-hydrogen) atoms. The zero-order chi connectivity index (χ0) is 8.77. The van der Waals surface area contributed by atoms with Crippen LogP contribution in [-0.4, -0.2) is 0 Å². The highest BCUT2D eigenvalue weighted by molar-refractivity contribution is 5.25. The van der Waals surface area contributed by atoms with Crippen LogP contribution in [0.2, 0.25) is 0 Å². The highest BCUT2D eigenvalue weighted by Crippen LogP contribution is 2.33. The van der Waals surface area contributed by atoms with E-state index < -0.39 is 0 Å². The molecule has 0 unspecified atom stereocenters. The van der Waals surface area contributed by atoms with Gasteiger partial charge in [-0.1, -0.05) is 13.8 Å². The Kier molecular flexibility index (Phi) is 1.40. The fourth-order valence-corrected chi connectivity index (χ4v) is 1.80. The minimum absolute atomic E-state index is 0.127. The van der Waals surface area contributed by atoms with Gasteiger partial charge in [-0.15, -0.1) is 0 Å². The predicted molar refractivity (Wildman–Crippen MR) is 46.2 cm³/mol. The summed E-state index contributed by atoms with van der Waals surface area (Å²) in [4.78, 5) is 11.3. The first-order chi connectivity index (χ1) is 5.58. The minimum Gasteiger partial charge on any atom is -0.469 e. The molecule has 0 spiro atoms. The maximum absolute atomic E-state index is 11.3. The van der Waals surface area contributed by atoms with Crippen molar-refractivity contribution in [1.29, 1.82) is 0 Å². The molecule has 2 heteroatoms. The van der Waals surface area contributed by atoms with E-state index in [0.29, 0.717) is 0 Å². The van der Waals surface area contributed by atoms with Crippen molar-refractivity contribution in [2.45, 2.75) is 26.7 Å². The molecule has 0 aromatic carbocycles. The summed E-state index contributed by atoms with van der Waals surface area (Å²) < 4.78 is 5.29. The Morgan fingerprint density at radius 1 is 1.42 bits per heavy atom. The van der Waals surface area contributed by atoms with Gasteiger partial charge in [-0.2, -0.15) is 0 Å². The van der Waals surface area contributed by atoms with E-state index in [-0.39, 0.29) is 10.8 Å². The van der Waals surface area contributed by atoms with Gasteiger partial charge in [-0.05, 0) is 11.8 Å². The highest BCUT2D eigenvalue weighted by Gasteiger charge is 2.31. The maximum atomic E-state index is 11.3. The molecule has 0 fully saturated rings. The van der Waals surface area contributed by atoms with E-state index >= 15 is 0 Å². The maximum Gasteiger partial charge on any atom is 0.188 e. The molecule has 0 aliphatic heterocycles. The number of fused-ring (bicyclic) bond motifs is 1. The fraction of sp³-hybridized carbons (Fsp3) is 0.500. The zero-order valence-corrected chi connectivity index (χ0v) is 7.39. The molecule has 2 nitrogen and oxygen atoms in total. The van der Waals surface area contributed by atoms with Gasteiger partial charge in [0.2, 0.25) is 0 Å². The van der Waals surface area contributed by atoms with Crippen molar-refractivity contribution < 1.29 is 4.42 Å². The second-order valence-electron chi connectivity index (χ2n) is 4.20. The molecule has 0 amide bonds. The van der Waals surface area contributed by atoms with Crippen molar-refractivity contribution >= 4 is 0 Å². The Bertz CT molecular complexity index is 360. The lowest BCUT2D eigenvalue weighted by Crippen LogP contribution is -2.12. The van der Waals surface area contributed by atoms with Crippen LogP contribution < -0.4 is 5.43 Å². The van der Waals surface area contributed by atoms with Gasteiger partial charge in [0.05, 0.1) is 6.26 Å². The molecule has 0 saturated heterocycles. The van der Waals surface area contributed by atoms with Crippen LogP contribution in [0.5, 0.6) is 0 Å². The average molecular weight is 164 g/mol. The summed E-state index contributed by atoms with van der Waals surface area (Å²) in [5.74, 6) is 0.882. The van der Waals surface area contributed by atoms with Gasteiger partial charge in [0.15, 0.2) is 5.43 Å². The fourth-order valence-electron chi connectivity index (χ4n) is 1.80. The summed E-state index contributed by atoms with van der Waals surface area (Å²) in [5.41, 5.74) is 1.20. The minimum atomic E-state index is 0.127. The van der Waals surface area contributed by atoms with Crippen LogP contribution in [0, 0.1) is 5.41 Å². The van der Waals surface area contributed by atoms with Crippen molar-refractivity contribution in [3.63, 3.8) is 0 Å². The van der Waals surface area contributed by atoms with E-state index in [4.69, 9.17) is 4.42 Å². The van der Waals surface area contributed by atoms with Crippen LogP contribution in [0.3, 0.4) is 0 Å². The van der Waals surface area contributed by atoms with Gasteiger partial charge in [0.25, 0.3) is 0 Å². The second kappa shape index (κ2) is 2.22. The number of hydrogen-bond acceptors (Lipinski definition) is 2. The van der Waals surface area contributed by atoms with E-state index in [0.717, 1.165) is 24.2 Å². The van der Waals surface area contributed by atoms with Crippen molar-refractivity contribution in [1.82, 2.24) is 0 Å². The quantitative estimate of drug-likeness (QED) is 0.585. The summed E-state index contributed by atoms with van der Waals surface area (Å²) in [7, 11) is 0. The molecular weight excluding hydrogens is 152 g/mol. The summed E-state index contributed by atoms with van der Waals surface area (Å²) in [6, 6.07) is 1.50. The first-order valence-electron chi connectivity index (χ1n) is 4.18. The van der Waals surface area contributed by atoms with Gasteiger partial charge < -0.3 is 4.42 Å². The smallest absolute Gasteiger partial charge is 0.188 e. The Labute approximate surface area is 71.2 Å². The Morgan fingerprint density at radius 2 is 2.17 bits per heavy atom. The van der Waals surface area contributed by atoms with E-state index in [9.17, 15) is 4.79 Å². The SMILES string of the molecule is CC1(C)Cc2occc(=O)c2C1. The highest BCUT2D eigenvalue weighted by atomic mass is 16.3. The molecule has 0 radical (unpaired) electrons. The van der Waals surface area contributed by atoms with Crippen LogP contribution >= 0.6 is 0 Å². The molecule has 1 aliphatic carbocycles. The molecular formula is C10H12O2. The van der Waals surface area contributed by atoms with Crippen molar-refractivity contribution in [2.75, 3.05) is 0 Å². The lowest BCUT2D eigenvalue weighted by Gasteiger charge is -2.13. The largest absolute Gasteiger partial charge is 0.469 e. The van der Waals surface area contributed by atoms with Gasteiger partial charge in [0, 0.05) is 18.1 Å². The summed E-state index contributed by atoms with van der Waals surface area (Å²) in [6.07, 6.45) is 3.23. The average Bonchev–Trinajstić information content (AvgIpc) is 2.25. The van der Waals surface area contributed by atoms with E-state index in [1.54, 1.807) is 0 Å². The summed E-state index contributed by atoms with van der Waals surface area (Å²) in [6.45, 7) is 4.31. The van der Waals surface area contributed by atoms with Crippen molar-refractivity contribution in [3.05, 3.63) is 33.9 Å². The molecule has 1 aromatic heterocycles. The predicted octanol–water partition coefficient (Wildman–Crippen LogP) is 1.76. The van der Waals surface area contributed by atoms with Crippen LogP contribution in [-0.2, 0) is 12.8 Å². The Hall–Kier alpha value is -1.05. The van der Waals surface area contributed by atoms with Crippen molar-refractivity contribution in [2.24, 2.45) is 5.41 Å². The standard InChI is InChI=1S/C10H12O2/c1-10(2)5-7-8(11)3-4-12-9(7)6-10/h3-4H,5-6H2,1-2H3. The van der Waals surface area contributed by atoms with Crippen molar-refractivity contribution in [3.8, 4) is 0 Å². The van der Waals surface area contributed by atoms with E-state index in [1.807, 2.05) is 0 Å². The summed E-state index contributed by atoms with van der Waals surface area (Å²) >= 11 is 0. The molecule has 2 rings (SSSR count). The Balaban J connectivity index is 2.56. The second-order valence-corrected chi connectivity index (χ2v) is 4.20. The topological polar surface area (TPSA) is 30.2 Å². The van der Waals surface area contributed by atoms with Crippen LogP contribution in [0.1, 0.15) is 25.2 Å². The monoisotopic (exact) mass is 164 g/mol. The normalized spacial score (nSPS) is 19.2. The molecule has 0 bridgehead atoms. The molecule has 1 aromatic rings. The van der Waals surface area contributed by atoms with E-state index in [1.165, 1.54) is 12.3 Å². The molecule has 1 aliphatic rings. The van der Waals surface area contributed by atoms with Crippen LogP contribution in [0.25, 0.3) is 0 Å². The first kappa shape index (κ1) is 7.59. The van der Waals surface area contributed by atoms with Gasteiger partial charge in [-0.25, -0.2) is 0 Å². The molecule has 0 saturated carbocycles. The van der Waals surface area contributed by atoms with Gasteiger partial charge in [-0.3, -0.25) is 4.79 Å². The van der Waals surface area contributed by atoms with Crippen LogP contribution in [0.4, 0.5) is 0 Å². The molecule has 64 valence electrons. The third-order valence-electron chi connectivity index (χ3n) is 2.36. The molecule has 0 N–H and O–H groups in total. The molecule has 0 atom stereocenters. The van der Waals surface area contributed by atoms with Gasteiger partial charge >= 0.3 is 0 Å². The number of rotatable bonds is 0. The Morgan fingerprint density at radius 3 is 2.83 bits per heavy atom. The lowest BCUT2D eigenvalue weighted by atomic mass is 9.91. The summed E-state index contributed by atoms with van der Waals surface area (Å²) in [5, 5.41) is 0. The number of hydrogen-bond donors (Lipinski definition) is 0. The van der Waals surface area contributed by atoms with E-state index in [2.05, 4.69) is 13.8 Å².